The summed E-state index contributed by atoms with van der Waals surface area (Å²) in [5.74, 6) is -0.946. The SMILES string of the molecule is Cc1cc(C)cc(NC(=O)COC(=O)/C=C/c2c(C)nn(C)c2C)c1. The highest BCUT2D eigenvalue weighted by Gasteiger charge is 2.09. The first-order chi connectivity index (χ1) is 11.8. The van der Waals surface area contributed by atoms with Crippen LogP contribution in [0.4, 0.5) is 5.69 Å². The summed E-state index contributed by atoms with van der Waals surface area (Å²) in [6.07, 6.45) is 2.96. The molecule has 0 aliphatic rings. The highest BCUT2D eigenvalue weighted by atomic mass is 16.5. The van der Waals surface area contributed by atoms with E-state index in [2.05, 4.69) is 10.4 Å². The van der Waals surface area contributed by atoms with Crippen LogP contribution in [0, 0.1) is 27.7 Å². The maximum Gasteiger partial charge on any atom is 0.331 e. The molecule has 6 nitrogen and oxygen atoms in total. The zero-order valence-corrected chi connectivity index (χ0v) is 15.2. The Morgan fingerprint density at radius 3 is 2.36 bits per heavy atom. The molecule has 0 radical (unpaired) electrons. The van der Waals surface area contributed by atoms with Crippen molar-refractivity contribution in [2.24, 2.45) is 7.05 Å². The van der Waals surface area contributed by atoms with Crippen LogP contribution in [-0.2, 0) is 21.4 Å². The molecule has 1 amide bonds. The lowest BCUT2D eigenvalue weighted by atomic mass is 10.1. The van der Waals surface area contributed by atoms with E-state index in [1.807, 2.05) is 52.9 Å². The van der Waals surface area contributed by atoms with Crippen LogP contribution in [-0.4, -0.2) is 28.3 Å². The summed E-state index contributed by atoms with van der Waals surface area (Å²) >= 11 is 0. The van der Waals surface area contributed by atoms with Crippen molar-refractivity contribution in [1.29, 1.82) is 0 Å². The van der Waals surface area contributed by atoms with E-state index in [0.717, 1.165) is 28.1 Å². The van der Waals surface area contributed by atoms with Gasteiger partial charge in [-0.2, -0.15) is 5.10 Å². The van der Waals surface area contributed by atoms with Crippen molar-refractivity contribution in [3.63, 3.8) is 0 Å². The van der Waals surface area contributed by atoms with Crippen LogP contribution in [0.15, 0.2) is 24.3 Å². The van der Waals surface area contributed by atoms with Crippen LogP contribution in [0.2, 0.25) is 0 Å². The standard InChI is InChI=1S/C19H23N3O3/c1-12-8-13(2)10-16(9-12)20-18(23)11-25-19(24)7-6-17-14(3)21-22(5)15(17)4/h6-10H,11H2,1-5H3,(H,20,23)/b7-6+. The topological polar surface area (TPSA) is 73.2 Å². The quantitative estimate of drug-likeness (QED) is 0.670. The Kier molecular flexibility index (Phi) is 5.75. The largest absolute Gasteiger partial charge is 0.452 e. The lowest BCUT2D eigenvalue weighted by molar-refractivity contribution is -0.142. The van der Waals surface area contributed by atoms with E-state index in [0.29, 0.717) is 5.69 Å². The third-order valence-electron chi connectivity index (χ3n) is 3.80. The molecule has 0 unspecified atom stereocenters. The number of benzene rings is 1. The number of nitrogens with zero attached hydrogens (tertiary/aromatic N) is 2. The Labute approximate surface area is 147 Å². The van der Waals surface area contributed by atoms with Gasteiger partial charge in [-0.3, -0.25) is 9.48 Å². The third-order valence-corrected chi connectivity index (χ3v) is 3.80. The molecule has 25 heavy (non-hydrogen) atoms. The van der Waals surface area contributed by atoms with Crippen LogP contribution in [0.1, 0.15) is 28.1 Å². The van der Waals surface area contributed by atoms with Gasteiger partial charge in [0.2, 0.25) is 0 Å². The summed E-state index contributed by atoms with van der Waals surface area (Å²) in [6, 6.07) is 5.74. The average molecular weight is 341 g/mol. The van der Waals surface area contributed by atoms with Crippen LogP contribution in [0.3, 0.4) is 0 Å². The van der Waals surface area contributed by atoms with Gasteiger partial charge in [0.05, 0.1) is 5.69 Å². The number of rotatable bonds is 5. The number of anilines is 1. The van der Waals surface area contributed by atoms with Gasteiger partial charge in [-0.15, -0.1) is 0 Å². The normalized spacial score (nSPS) is 10.9. The summed E-state index contributed by atoms with van der Waals surface area (Å²) < 4.78 is 6.73. The maximum absolute atomic E-state index is 11.9. The average Bonchev–Trinajstić information content (AvgIpc) is 2.75. The first kappa shape index (κ1) is 18.4. The number of hydrogen-bond acceptors (Lipinski definition) is 4. The molecule has 0 spiro atoms. The van der Waals surface area contributed by atoms with Gasteiger partial charge < -0.3 is 10.1 Å². The van der Waals surface area contributed by atoms with Gasteiger partial charge in [0.15, 0.2) is 6.61 Å². The van der Waals surface area contributed by atoms with Crippen molar-refractivity contribution in [2.75, 3.05) is 11.9 Å². The van der Waals surface area contributed by atoms with Gasteiger partial charge in [0.1, 0.15) is 0 Å². The van der Waals surface area contributed by atoms with Gasteiger partial charge in [0, 0.05) is 30.1 Å². The van der Waals surface area contributed by atoms with E-state index in [1.165, 1.54) is 6.08 Å². The molecule has 0 saturated carbocycles. The Hall–Kier alpha value is -2.89. The van der Waals surface area contributed by atoms with Gasteiger partial charge in [0.25, 0.3) is 5.91 Å². The highest BCUT2D eigenvalue weighted by molar-refractivity contribution is 5.94. The first-order valence-electron chi connectivity index (χ1n) is 7.99. The molecule has 0 saturated heterocycles. The van der Waals surface area contributed by atoms with Crippen molar-refractivity contribution < 1.29 is 14.3 Å². The van der Waals surface area contributed by atoms with Gasteiger partial charge in [-0.05, 0) is 57.0 Å². The Morgan fingerprint density at radius 2 is 1.80 bits per heavy atom. The minimum atomic E-state index is -0.571. The fraction of sp³-hybridized carbons (Fsp3) is 0.316. The van der Waals surface area contributed by atoms with E-state index in [1.54, 1.807) is 10.8 Å². The lowest BCUT2D eigenvalue weighted by Crippen LogP contribution is -2.20. The predicted octanol–water partition coefficient (Wildman–Crippen LogP) is 2.85. The Balaban J connectivity index is 1.89. The van der Waals surface area contributed by atoms with Gasteiger partial charge in [-0.1, -0.05) is 6.07 Å². The third kappa shape index (κ3) is 5.04. The number of carbonyl (C=O) groups is 2. The lowest BCUT2D eigenvalue weighted by Gasteiger charge is -2.07. The number of nitrogens with one attached hydrogen (secondary N) is 1. The number of ether oxygens (including phenoxy) is 1. The van der Waals surface area contributed by atoms with Crippen molar-refractivity contribution in [3.8, 4) is 0 Å². The summed E-state index contributed by atoms with van der Waals surface area (Å²) in [5, 5.41) is 6.99. The number of hydrogen-bond donors (Lipinski definition) is 1. The monoisotopic (exact) mass is 341 g/mol. The second-order valence-corrected chi connectivity index (χ2v) is 6.07. The maximum atomic E-state index is 11.9. The Bertz CT molecular complexity index is 814. The van der Waals surface area contributed by atoms with E-state index in [4.69, 9.17) is 4.74 Å². The molecule has 2 aromatic rings. The summed E-state index contributed by atoms with van der Waals surface area (Å²) in [7, 11) is 1.84. The van der Waals surface area contributed by atoms with Crippen molar-refractivity contribution in [1.82, 2.24) is 9.78 Å². The van der Waals surface area contributed by atoms with Crippen LogP contribution in [0.5, 0.6) is 0 Å². The predicted molar refractivity (Wildman–Crippen MR) is 97.2 cm³/mol. The summed E-state index contributed by atoms with van der Waals surface area (Å²) in [6.45, 7) is 7.37. The van der Waals surface area contributed by atoms with Gasteiger partial charge >= 0.3 is 5.97 Å². The molecule has 0 atom stereocenters. The Morgan fingerprint density at radius 1 is 1.16 bits per heavy atom. The number of aromatic nitrogens is 2. The number of esters is 1. The molecule has 1 aromatic carbocycles. The zero-order chi connectivity index (χ0) is 18.6. The van der Waals surface area contributed by atoms with E-state index in [9.17, 15) is 9.59 Å². The summed E-state index contributed by atoms with van der Waals surface area (Å²) in [5.41, 5.74) is 5.45. The molecular weight excluding hydrogens is 318 g/mol. The van der Waals surface area contributed by atoms with E-state index >= 15 is 0 Å². The molecule has 1 aromatic heterocycles. The van der Waals surface area contributed by atoms with Crippen LogP contribution >= 0.6 is 0 Å². The second kappa shape index (κ2) is 7.79. The van der Waals surface area contributed by atoms with Crippen LogP contribution in [0.25, 0.3) is 6.08 Å². The fourth-order valence-corrected chi connectivity index (χ4v) is 2.61. The summed E-state index contributed by atoms with van der Waals surface area (Å²) in [4.78, 5) is 23.7. The molecule has 0 aliphatic heterocycles. The highest BCUT2D eigenvalue weighted by Crippen LogP contribution is 2.14. The van der Waals surface area contributed by atoms with Crippen molar-refractivity contribution >= 4 is 23.6 Å². The fourth-order valence-electron chi connectivity index (χ4n) is 2.61. The number of aryl methyl sites for hydroxylation is 4. The van der Waals surface area contributed by atoms with Crippen LogP contribution < -0.4 is 5.32 Å². The molecule has 1 heterocycles. The molecule has 6 heteroatoms. The molecule has 132 valence electrons. The van der Waals surface area contributed by atoms with Crippen molar-refractivity contribution in [3.05, 3.63) is 52.4 Å². The second-order valence-electron chi connectivity index (χ2n) is 6.07. The molecule has 0 bridgehead atoms. The van der Waals surface area contributed by atoms with Crippen molar-refractivity contribution in [2.45, 2.75) is 27.7 Å². The molecular formula is C19H23N3O3. The van der Waals surface area contributed by atoms with E-state index < -0.39 is 5.97 Å². The minimum absolute atomic E-state index is 0.332. The van der Waals surface area contributed by atoms with E-state index in [-0.39, 0.29) is 12.5 Å². The zero-order valence-electron chi connectivity index (χ0n) is 15.2. The molecule has 0 aliphatic carbocycles. The minimum Gasteiger partial charge on any atom is -0.452 e. The molecule has 1 N–H and O–H groups in total. The molecule has 2 rings (SSSR count). The first-order valence-corrected chi connectivity index (χ1v) is 7.99. The number of amides is 1. The smallest absolute Gasteiger partial charge is 0.331 e. The van der Waals surface area contributed by atoms with Gasteiger partial charge in [-0.25, -0.2) is 4.79 Å². The molecule has 0 fully saturated rings. The number of carbonyl (C=O) groups excluding carboxylic acids is 2.